The van der Waals surface area contributed by atoms with E-state index >= 15 is 0 Å². The van der Waals surface area contributed by atoms with E-state index in [1.54, 1.807) is 12.1 Å². The van der Waals surface area contributed by atoms with Crippen molar-refractivity contribution in [3.05, 3.63) is 42.0 Å². The molecular weight excluding hydrogens is 486 g/mol. The molecule has 7 N–H and O–H groups in total. The van der Waals surface area contributed by atoms with Gasteiger partial charge < -0.3 is 50.6 Å². The minimum Gasteiger partial charge on any atom is -0.399 e. The minimum absolute atomic E-state index is 0.0795. The average Bonchev–Trinajstić information content (AvgIpc) is 2.88. The molecule has 0 radical (unpaired) electrons. The summed E-state index contributed by atoms with van der Waals surface area (Å²) in [4.78, 5) is 23.8. The van der Waals surface area contributed by atoms with Crippen molar-refractivity contribution in [2.24, 2.45) is 0 Å². The molecular formula is C25H35N3O9. The maximum absolute atomic E-state index is 12.3. The summed E-state index contributed by atoms with van der Waals surface area (Å²) in [5, 5.41) is 36.8. The molecule has 12 heteroatoms. The van der Waals surface area contributed by atoms with Crippen LogP contribution in [0.4, 0.5) is 5.69 Å². The molecule has 0 aromatic heterocycles. The Morgan fingerprint density at radius 3 is 2.38 bits per heavy atom. The number of carbonyl (C=O) groups is 2. The first-order chi connectivity index (χ1) is 17.8. The molecule has 2 amide bonds. The van der Waals surface area contributed by atoms with E-state index in [0.717, 1.165) is 10.8 Å². The van der Waals surface area contributed by atoms with Crippen LogP contribution in [0.1, 0.15) is 17.3 Å². The number of aliphatic hydroxyl groups excluding tert-OH is 3. The molecule has 5 unspecified atom stereocenters. The third kappa shape index (κ3) is 8.33. The van der Waals surface area contributed by atoms with Gasteiger partial charge in [-0.15, -0.1) is 0 Å². The van der Waals surface area contributed by atoms with E-state index in [0.29, 0.717) is 31.0 Å². The lowest BCUT2D eigenvalue weighted by Gasteiger charge is -2.42. The summed E-state index contributed by atoms with van der Waals surface area (Å²) < 4.78 is 21.9. The number of aliphatic hydroxyl groups is 3. The van der Waals surface area contributed by atoms with Gasteiger partial charge in [0, 0.05) is 24.7 Å². The van der Waals surface area contributed by atoms with Crippen LogP contribution < -0.4 is 16.4 Å². The molecule has 204 valence electrons. The number of carbonyl (C=O) groups excluding carboxylic acids is 2. The van der Waals surface area contributed by atoms with E-state index < -0.39 is 43.2 Å². The number of nitrogens with two attached hydrogens (primary N) is 1. The SMILES string of the molecule is CC(=O)NC1C(OCCOCCOCCNC(=O)c2ccc3cc(N)ccc3c2)OC(CO)C(O)C1O. The summed E-state index contributed by atoms with van der Waals surface area (Å²) >= 11 is 0. The van der Waals surface area contributed by atoms with E-state index in [2.05, 4.69) is 10.6 Å². The third-order valence-corrected chi connectivity index (χ3v) is 5.79. The van der Waals surface area contributed by atoms with Crippen LogP contribution in [0.2, 0.25) is 0 Å². The maximum atomic E-state index is 12.3. The summed E-state index contributed by atoms with van der Waals surface area (Å²) in [6, 6.07) is 9.94. The van der Waals surface area contributed by atoms with Gasteiger partial charge in [0.2, 0.25) is 5.91 Å². The van der Waals surface area contributed by atoms with Crippen molar-refractivity contribution in [3.8, 4) is 0 Å². The summed E-state index contributed by atoms with van der Waals surface area (Å²) in [5.41, 5.74) is 7.00. The van der Waals surface area contributed by atoms with E-state index in [1.165, 1.54) is 6.92 Å². The largest absolute Gasteiger partial charge is 0.399 e. The van der Waals surface area contributed by atoms with Crippen LogP contribution in [0, 0.1) is 0 Å². The zero-order valence-electron chi connectivity index (χ0n) is 20.7. The Hall–Kier alpha value is -2.84. The van der Waals surface area contributed by atoms with Crippen LogP contribution in [0.3, 0.4) is 0 Å². The van der Waals surface area contributed by atoms with Crippen molar-refractivity contribution in [2.45, 2.75) is 37.6 Å². The van der Waals surface area contributed by atoms with Gasteiger partial charge in [-0.1, -0.05) is 12.1 Å². The highest BCUT2D eigenvalue weighted by atomic mass is 16.7. The highest BCUT2D eigenvalue weighted by molar-refractivity contribution is 5.99. The number of benzene rings is 2. The van der Waals surface area contributed by atoms with Gasteiger partial charge in [0.1, 0.15) is 24.4 Å². The second-order valence-corrected chi connectivity index (χ2v) is 8.61. The molecule has 1 fully saturated rings. The van der Waals surface area contributed by atoms with Crippen molar-refractivity contribution in [1.82, 2.24) is 10.6 Å². The molecule has 5 atom stereocenters. The second-order valence-electron chi connectivity index (χ2n) is 8.61. The Morgan fingerprint density at radius 2 is 1.65 bits per heavy atom. The van der Waals surface area contributed by atoms with Crippen LogP contribution in [0.25, 0.3) is 10.8 Å². The lowest BCUT2D eigenvalue weighted by atomic mass is 9.97. The van der Waals surface area contributed by atoms with Gasteiger partial charge in [0.25, 0.3) is 5.91 Å². The van der Waals surface area contributed by atoms with Crippen LogP contribution in [-0.4, -0.2) is 104 Å². The molecule has 0 aliphatic carbocycles. The highest BCUT2D eigenvalue weighted by Crippen LogP contribution is 2.22. The molecule has 1 aliphatic rings. The molecule has 0 bridgehead atoms. The lowest BCUT2D eigenvalue weighted by molar-refractivity contribution is -0.272. The van der Waals surface area contributed by atoms with Crippen molar-refractivity contribution >= 4 is 28.3 Å². The zero-order chi connectivity index (χ0) is 26.8. The molecule has 37 heavy (non-hydrogen) atoms. The van der Waals surface area contributed by atoms with Crippen molar-refractivity contribution in [2.75, 3.05) is 51.9 Å². The second kappa shape index (κ2) is 14.2. The Morgan fingerprint density at radius 1 is 0.973 bits per heavy atom. The van der Waals surface area contributed by atoms with Gasteiger partial charge in [-0.25, -0.2) is 0 Å². The Kier molecular flexibility index (Phi) is 11.0. The Labute approximate surface area is 214 Å². The predicted octanol–water partition coefficient (Wildman–Crippen LogP) is -0.855. The average molecular weight is 522 g/mol. The number of fused-ring (bicyclic) bond motifs is 1. The normalized spacial score (nSPS) is 23.6. The summed E-state index contributed by atoms with van der Waals surface area (Å²) in [7, 11) is 0. The minimum atomic E-state index is -1.37. The standard InChI is InChI=1S/C25H35N3O9/c1-15(30)28-21-23(32)22(31)20(14-29)37-25(21)36-11-10-35-9-8-34-7-6-27-24(33)18-3-2-17-13-19(26)5-4-16(17)12-18/h2-5,12-13,20-23,25,29,31-32H,6-11,14,26H2,1H3,(H,27,33)(H,28,30). The number of nitrogens with one attached hydrogen (secondary N) is 2. The summed E-state index contributed by atoms with van der Waals surface area (Å²) in [5.74, 6) is -0.623. The molecule has 2 aromatic rings. The number of amides is 2. The van der Waals surface area contributed by atoms with Crippen molar-refractivity contribution < 1.29 is 43.9 Å². The van der Waals surface area contributed by atoms with Crippen LogP contribution in [0.5, 0.6) is 0 Å². The zero-order valence-corrected chi connectivity index (χ0v) is 20.7. The molecule has 0 spiro atoms. The predicted molar refractivity (Wildman–Crippen MR) is 134 cm³/mol. The summed E-state index contributed by atoms with van der Waals surface area (Å²) in [6.07, 6.45) is -4.84. The fraction of sp³-hybridized carbons (Fsp3) is 0.520. The molecule has 2 aromatic carbocycles. The number of ether oxygens (including phenoxy) is 4. The molecule has 1 heterocycles. The van der Waals surface area contributed by atoms with Crippen LogP contribution in [-0.2, 0) is 23.7 Å². The first kappa shape index (κ1) is 28.7. The number of hydrogen-bond acceptors (Lipinski definition) is 10. The Balaban J connectivity index is 1.27. The topological polar surface area (TPSA) is 182 Å². The van der Waals surface area contributed by atoms with Crippen LogP contribution >= 0.6 is 0 Å². The molecule has 0 saturated carbocycles. The Bertz CT molecular complexity index is 1040. The number of anilines is 1. The fourth-order valence-corrected chi connectivity index (χ4v) is 3.90. The smallest absolute Gasteiger partial charge is 0.251 e. The van der Waals surface area contributed by atoms with Gasteiger partial charge in [-0.05, 0) is 35.0 Å². The van der Waals surface area contributed by atoms with E-state index in [1.807, 2.05) is 24.3 Å². The first-order valence-corrected chi connectivity index (χ1v) is 12.0. The summed E-state index contributed by atoms with van der Waals surface area (Å²) in [6.45, 7) is 2.25. The van der Waals surface area contributed by atoms with E-state index in [-0.39, 0.29) is 25.7 Å². The van der Waals surface area contributed by atoms with Crippen LogP contribution in [0.15, 0.2) is 36.4 Å². The van der Waals surface area contributed by atoms with E-state index in [9.17, 15) is 24.9 Å². The van der Waals surface area contributed by atoms with Gasteiger partial charge >= 0.3 is 0 Å². The third-order valence-electron chi connectivity index (χ3n) is 5.79. The number of rotatable bonds is 13. The fourth-order valence-electron chi connectivity index (χ4n) is 3.90. The molecule has 1 aliphatic heterocycles. The quantitative estimate of drug-likeness (QED) is 0.143. The maximum Gasteiger partial charge on any atom is 0.251 e. The first-order valence-electron chi connectivity index (χ1n) is 12.0. The molecule has 3 rings (SSSR count). The van der Waals surface area contributed by atoms with Gasteiger partial charge in [0.05, 0.1) is 39.6 Å². The van der Waals surface area contributed by atoms with E-state index in [4.69, 9.17) is 24.7 Å². The van der Waals surface area contributed by atoms with Gasteiger partial charge in [-0.3, -0.25) is 9.59 Å². The number of hydrogen-bond donors (Lipinski definition) is 6. The van der Waals surface area contributed by atoms with Crippen molar-refractivity contribution in [1.29, 1.82) is 0 Å². The molecule has 1 saturated heterocycles. The monoisotopic (exact) mass is 521 g/mol. The van der Waals surface area contributed by atoms with Gasteiger partial charge in [-0.2, -0.15) is 0 Å². The number of nitrogen functional groups attached to an aromatic ring is 1. The molecule has 12 nitrogen and oxygen atoms in total. The highest BCUT2D eigenvalue weighted by Gasteiger charge is 2.45. The van der Waals surface area contributed by atoms with Gasteiger partial charge in [0.15, 0.2) is 6.29 Å². The van der Waals surface area contributed by atoms with Crippen molar-refractivity contribution in [3.63, 3.8) is 0 Å². The lowest BCUT2D eigenvalue weighted by Crippen LogP contribution is -2.64.